The molecule has 1 aromatic rings. The third-order valence-corrected chi connectivity index (χ3v) is 4.13. The Morgan fingerprint density at radius 2 is 2.33 bits per heavy atom. The average molecular weight is 356 g/mol. The number of methoxy groups -OCH3 is 1. The summed E-state index contributed by atoms with van der Waals surface area (Å²) >= 11 is 3.36. The van der Waals surface area contributed by atoms with Gasteiger partial charge in [0.25, 0.3) is 5.91 Å². The quantitative estimate of drug-likeness (QED) is 0.376. The zero-order chi connectivity index (χ0) is 15.4. The van der Waals surface area contributed by atoms with Crippen molar-refractivity contribution in [3.63, 3.8) is 0 Å². The number of nitrogens with two attached hydrogens (primary N) is 1. The van der Waals surface area contributed by atoms with Crippen molar-refractivity contribution in [1.29, 1.82) is 0 Å². The lowest BCUT2D eigenvalue weighted by molar-refractivity contribution is 0.0698. The smallest absolute Gasteiger partial charge is 0.257 e. The second-order valence-electron chi connectivity index (χ2n) is 4.96. The first kappa shape index (κ1) is 15.6. The van der Waals surface area contributed by atoms with Gasteiger partial charge < -0.3 is 20.6 Å². The highest BCUT2D eigenvalue weighted by atomic mass is 79.9. The molecule has 1 fully saturated rings. The monoisotopic (exact) mass is 355 g/mol. The molecule has 0 aliphatic carbocycles. The largest absolute Gasteiger partial charge is 0.496 e. The van der Waals surface area contributed by atoms with Gasteiger partial charge >= 0.3 is 0 Å². The number of carbonyl (C=O) groups excluding carboxylic acids is 1. The number of ether oxygens (including phenoxy) is 1. The molecule has 1 aliphatic rings. The topological polar surface area (TPSA) is 88.2 Å². The van der Waals surface area contributed by atoms with Gasteiger partial charge in [-0.25, -0.2) is 0 Å². The Kier molecular flexibility index (Phi) is 5.06. The zero-order valence-electron chi connectivity index (χ0n) is 11.8. The standard InChI is InChI=1S/C14H18BrN3O3/c1-21-12-7-10(15)4-5-11(12)14(19)18-6-2-3-9(8-18)13(16)17-20/h4-5,7,9,20H,2-3,6,8H2,1H3,(H2,16,17). The van der Waals surface area contributed by atoms with Crippen molar-refractivity contribution in [3.8, 4) is 5.75 Å². The van der Waals surface area contributed by atoms with Crippen molar-refractivity contribution in [2.45, 2.75) is 12.8 Å². The molecule has 1 heterocycles. The fourth-order valence-electron chi connectivity index (χ4n) is 2.50. The van der Waals surface area contributed by atoms with E-state index in [1.807, 2.05) is 0 Å². The van der Waals surface area contributed by atoms with Crippen LogP contribution in [0, 0.1) is 5.92 Å². The van der Waals surface area contributed by atoms with Crippen LogP contribution in [0.15, 0.2) is 27.8 Å². The van der Waals surface area contributed by atoms with E-state index in [0.29, 0.717) is 24.4 Å². The van der Waals surface area contributed by atoms with Crippen LogP contribution >= 0.6 is 15.9 Å². The van der Waals surface area contributed by atoms with Crippen molar-refractivity contribution in [3.05, 3.63) is 28.2 Å². The molecule has 114 valence electrons. The Morgan fingerprint density at radius 3 is 3.00 bits per heavy atom. The maximum Gasteiger partial charge on any atom is 0.257 e. The average Bonchev–Trinajstić information content (AvgIpc) is 2.53. The van der Waals surface area contributed by atoms with Crippen molar-refractivity contribution in [2.24, 2.45) is 16.8 Å². The van der Waals surface area contributed by atoms with Gasteiger partial charge in [0.15, 0.2) is 0 Å². The summed E-state index contributed by atoms with van der Waals surface area (Å²) in [7, 11) is 1.54. The van der Waals surface area contributed by atoms with E-state index in [1.165, 1.54) is 7.11 Å². The SMILES string of the molecule is COc1cc(Br)ccc1C(=O)N1CCCC(/C(N)=N/O)C1. The van der Waals surface area contributed by atoms with Crippen LogP contribution in [0.3, 0.4) is 0 Å². The first-order valence-corrected chi connectivity index (χ1v) is 7.46. The van der Waals surface area contributed by atoms with Crippen molar-refractivity contribution in [1.82, 2.24) is 4.90 Å². The summed E-state index contributed by atoms with van der Waals surface area (Å²) in [5.41, 5.74) is 6.17. The van der Waals surface area contributed by atoms with E-state index in [-0.39, 0.29) is 17.7 Å². The van der Waals surface area contributed by atoms with Crippen molar-refractivity contribution in [2.75, 3.05) is 20.2 Å². The van der Waals surface area contributed by atoms with Gasteiger partial charge in [0.1, 0.15) is 11.6 Å². The minimum absolute atomic E-state index is 0.102. The molecule has 1 aliphatic heterocycles. The van der Waals surface area contributed by atoms with Gasteiger partial charge in [0.05, 0.1) is 12.7 Å². The third-order valence-electron chi connectivity index (χ3n) is 3.64. The summed E-state index contributed by atoms with van der Waals surface area (Å²) in [5, 5.41) is 11.8. The second kappa shape index (κ2) is 6.80. The molecule has 0 saturated carbocycles. The van der Waals surface area contributed by atoms with Crippen LogP contribution in [0.4, 0.5) is 0 Å². The Morgan fingerprint density at radius 1 is 1.57 bits per heavy atom. The van der Waals surface area contributed by atoms with Gasteiger partial charge in [-0.05, 0) is 31.0 Å². The summed E-state index contributed by atoms with van der Waals surface area (Å²) in [6.07, 6.45) is 1.64. The molecule has 0 bridgehead atoms. The number of carbonyl (C=O) groups is 1. The van der Waals surface area contributed by atoms with E-state index in [0.717, 1.165) is 17.3 Å². The molecular formula is C14H18BrN3O3. The first-order chi connectivity index (χ1) is 10.1. The van der Waals surface area contributed by atoms with Crippen LogP contribution in [-0.2, 0) is 0 Å². The number of likely N-dealkylation sites (tertiary alicyclic amines) is 1. The number of halogens is 1. The van der Waals surface area contributed by atoms with E-state index in [4.69, 9.17) is 15.7 Å². The fraction of sp³-hybridized carbons (Fsp3) is 0.429. The van der Waals surface area contributed by atoms with Crippen LogP contribution in [0.2, 0.25) is 0 Å². The zero-order valence-corrected chi connectivity index (χ0v) is 13.3. The second-order valence-corrected chi connectivity index (χ2v) is 5.88. The molecule has 1 atom stereocenters. The predicted molar refractivity (Wildman–Crippen MR) is 82.7 cm³/mol. The molecule has 1 amide bonds. The van der Waals surface area contributed by atoms with Crippen LogP contribution < -0.4 is 10.5 Å². The molecule has 21 heavy (non-hydrogen) atoms. The number of oxime groups is 1. The molecule has 2 rings (SSSR count). The molecule has 1 saturated heterocycles. The summed E-state index contributed by atoms with van der Waals surface area (Å²) < 4.78 is 6.12. The van der Waals surface area contributed by atoms with Gasteiger partial charge in [-0.1, -0.05) is 21.1 Å². The lowest BCUT2D eigenvalue weighted by Crippen LogP contribution is -2.44. The minimum Gasteiger partial charge on any atom is -0.496 e. The number of amides is 1. The molecule has 3 N–H and O–H groups in total. The molecule has 6 nitrogen and oxygen atoms in total. The van der Waals surface area contributed by atoms with Crippen LogP contribution in [0.5, 0.6) is 5.75 Å². The number of benzene rings is 1. The Bertz CT molecular complexity index is 562. The summed E-state index contributed by atoms with van der Waals surface area (Å²) in [6.45, 7) is 1.11. The molecule has 0 aromatic heterocycles. The molecule has 1 aromatic carbocycles. The van der Waals surface area contributed by atoms with Gasteiger partial charge in [-0.15, -0.1) is 0 Å². The van der Waals surface area contributed by atoms with Gasteiger partial charge in [-0.3, -0.25) is 4.79 Å². The number of hydrogen-bond acceptors (Lipinski definition) is 4. The minimum atomic E-state index is -0.103. The lowest BCUT2D eigenvalue weighted by Gasteiger charge is -2.32. The fourth-order valence-corrected chi connectivity index (χ4v) is 2.84. The van der Waals surface area contributed by atoms with Crippen LogP contribution in [-0.4, -0.2) is 42.0 Å². The number of amidine groups is 1. The van der Waals surface area contributed by atoms with Gasteiger partial charge in [0, 0.05) is 23.5 Å². The van der Waals surface area contributed by atoms with Crippen molar-refractivity contribution >= 4 is 27.7 Å². The van der Waals surface area contributed by atoms with Crippen LogP contribution in [0.1, 0.15) is 23.2 Å². The maximum atomic E-state index is 12.6. The Balaban J connectivity index is 2.20. The highest BCUT2D eigenvalue weighted by molar-refractivity contribution is 9.10. The number of piperidine rings is 1. The predicted octanol–water partition coefficient (Wildman–Crippen LogP) is 2.06. The molecule has 0 spiro atoms. The number of rotatable bonds is 3. The van der Waals surface area contributed by atoms with E-state index in [2.05, 4.69) is 21.1 Å². The van der Waals surface area contributed by atoms with E-state index >= 15 is 0 Å². The molecule has 0 radical (unpaired) electrons. The summed E-state index contributed by atoms with van der Waals surface area (Å²) in [6, 6.07) is 5.30. The highest BCUT2D eigenvalue weighted by Gasteiger charge is 2.28. The molecular weight excluding hydrogens is 338 g/mol. The van der Waals surface area contributed by atoms with E-state index in [9.17, 15) is 4.79 Å². The number of nitrogens with zero attached hydrogens (tertiary/aromatic N) is 2. The van der Waals surface area contributed by atoms with E-state index < -0.39 is 0 Å². The maximum absolute atomic E-state index is 12.6. The highest BCUT2D eigenvalue weighted by Crippen LogP contribution is 2.26. The normalized spacial score (nSPS) is 19.4. The van der Waals surface area contributed by atoms with Crippen molar-refractivity contribution < 1.29 is 14.7 Å². The summed E-state index contributed by atoms with van der Waals surface area (Å²) in [5.74, 6) is 0.500. The molecule has 7 heteroatoms. The first-order valence-electron chi connectivity index (χ1n) is 6.67. The molecule has 1 unspecified atom stereocenters. The Hall–Kier alpha value is -1.76. The number of hydrogen-bond donors (Lipinski definition) is 2. The third kappa shape index (κ3) is 3.47. The Labute approximate surface area is 131 Å². The lowest BCUT2D eigenvalue weighted by atomic mass is 9.96. The van der Waals surface area contributed by atoms with Crippen LogP contribution in [0.25, 0.3) is 0 Å². The van der Waals surface area contributed by atoms with E-state index in [1.54, 1.807) is 23.1 Å². The van der Waals surface area contributed by atoms with Gasteiger partial charge in [0.2, 0.25) is 0 Å². The summed E-state index contributed by atoms with van der Waals surface area (Å²) in [4.78, 5) is 14.4. The van der Waals surface area contributed by atoms with Gasteiger partial charge in [-0.2, -0.15) is 0 Å².